The quantitative estimate of drug-likeness (QED) is 0.464. The monoisotopic (exact) mass is 446 g/mol. The molecule has 0 unspecified atom stereocenters. The first-order valence-corrected chi connectivity index (χ1v) is 11.2. The van der Waals surface area contributed by atoms with Gasteiger partial charge in [-0.05, 0) is 48.5 Å². The van der Waals surface area contributed by atoms with E-state index in [2.05, 4.69) is 15.0 Å². The van der Waals surface area contributed by atoms with Crippen molar-refractivity contribution < 1.29 is 13.2 Å². The third-order valence-corrected chi connectivity index (χ3v) is 6.56. The lowest BCUT2D eigenvalue weighted by molar-refractivity contribution is -0.116. The minimum atomic E-state index is -3.73. The topological polar surface area (TPSA) is 93.1 Å². The number of aromatic nitrogens is 2. The zero-order valence-electron chi connectivity index (χ0n) is 14.9. The number of carbonyl (C=O) groups is 1. The predicted molar refractivity (Wildman–Crippen MR) is 115 cm³/mol. The molecule has 0 saturated carbocycles. The zero-order valence-corrected chi connectivity index (χ0v) is 17.3. The Morgan fingerprint density at radius 3 is 2.66 bits per heavy atom. The number of amides is 1. The van der Waals surface area contributed by atoms with Crippen molar-refractivity contribution in [1.82, 2.24) is 9.55 Å². The molecule has 0 aliphatic rings. The van der Waals surface area contributed by atoms with Crippen molar-refractivity contribution in [2.75, 3.05) is 10.0 Å². The van der Waals surface area contributed by atoms with Crippen LogP contribution in [0.25, 0.3) is 10.9 Å². The van der Waals surface area contributed by atoms with Crippen LogP contribution in [0.3, 0.4) is 0 Å². The van der Waals surface area contributed by atoms with E-state index in [1.807, 2.05) is 29.0 Å². The third-order valence-electron chi connectivity index (χ3n) is 4.15. The van der Waals surface area contributed by atoms with Crippen LogP contribution in [0.4, 0.5) is 10.8 Å². The molecule has 0 radical (unpaired) electrons. The molecule has 2 N–H and O–H groups in total. The molecular weight excluding hydrogens is 432 g/mol. The Balaban J connectivity index is 1.43. The molecule has 0 atom stereocenters. The predicted octanol–water partition coefficient (Wildman–Crippen LogP) is 4.19. The first kappa shape index (κ1) is 19.4. The Bertz CT molecular complexity index is 1270. The third kappa shape index (κ3) is 4.42. The first-order valence-electron chi connectivity index (χ1n) is 8.47. The molecule has 7 nitrogen and oxygen atoms in total. The number of benzene rings is 2. The summed E-state index contributed by atoms with van der Waals surface area (Å²) in [4.78, 5) is 16.4. The number of carbonyl (C=O) groups excluding carboxylic acids is 1. The van der Waals surface area contributed by atoms with Gasteiger partial charge in [0, 0.05) is 39.4 Å². The second-order valence-corrected chi connectivity index (χ2v) is 9.18. The first-order chi connectivity index (χ1) is 13.9. The van der Waals surface area contributed by atoms with Gasteiger partial charge in [-0.3, -0.25) is 9.52 Å². The average Bonchev–Trinajstić information content (AvgIpc) is 3.31. The van der Waals surface area contributed by atoms with Crippen LogP contribution in [-0.4, -0.2) is 23.9 Å². The summed E-state index contributed by atoms with van der Waals surface area (Å²) in [6.45, 7) is 0.122. The zero-order chi connectivity index (χ0) is 20.4. The summed E-state index contributed by atoms with van der Waals surface area (Å²) >= 11 is 7.18. The highest BCUT2D eigenvalue weighted by Gasteiger charge is 2.15. The smallest absolute Gasteiger partial charge is 0.263 e. The minimum absolute atomic E-state index is 0.0824. The highest BCUT2D eigenvalue weighted by atomic mass is 35.5. The van der Waals surface area contributed by atoms with Crippen molar-refractivity contribution in [3.63, 3.8) is 0 Å². The van der Waals surface area contributed by atoms with E-state index in [1.165, 1.54) is 29.7 Å². The molecule has 2 heterocycles. The molecule has 0 saturated heterocycles. The Labute approximate surface area is 176 Å². The number of sulfonamides is 1. The van der Waals surface area contributed by atoms with E-state index in [0.717, 1.165) is 10.9 Å². The number of hydrogen-bond acceptors (Lipinski definition) is 5. The average molecular weight is 447 g/mol. The maximum Gasteiger partial charge on any atom is 0.263 e. The summed E-state index contributed by atoms with van der Waals surface area (Å²) in [6.07, 6.45) is 3.34. The van der Waals surface area contributed by atoms with E-state index in [9.17, 15) is 13.2 Å². The Morgan fingerprint density at radius 2 is 1.93 bits per heavy atom. The Kier molecular flexibility index (Phi) is 5.27. The second kappa shape index (κ2) is 7.86. The lowest BCUT2D eigenvalue weighted by atomic mass is 10.2. The molecule has 4 aromatic rings. The lowest BCUT2D eigenvalue weighted by Crippen LogP contribution is -2.18. The van der Waals surface area contributed by atoms with E-state index >= 15 is 0 Å². The summed E-state index contributed by atoms with van der Waals surface area (Å²) in [5.74, 6) is -0.228. The van der Waals surface area contributed by atoms with Crippen LogP contribution < -0.4 is 10.0 Å². The van der Waals surface area contributed by atoms with Crippen molar-refractivity contribution in [2.24, 2.45) is 0 Å². The van der Waals surface area contributed by atoms with Crippen LogP contribution in [-0.2, 0) is 21.4 Å². The minimum Gasteiger partial charge on any atom is -0.338 e. The van der Waals surface area contributed by atoms with Crippen molar-refractivity contribution in [2.45, 2.75) is 11.4 Å². The van der Waals surface area contributed by atoms with E-state index in [1.54, 1.807) is 23.6 Å². The largest absolute Gasteiger partial charge is 0.338 e. The molecule has 1 amide bonds. The number of fused-ring (bicyclic) bond motifs is 1. The normalized spacial score (nSPS) is 11.5. The lowest BCUT2D eigenvalue weighted by Gasteiger charge is -2.09. The molecule has 0 aliphatic carbocycles. The van der Waals surface area contributed by atoms with Crippen molar-refractivity contribution in [3.8, 4) is 0 Å². The van der Waals surface area contributed by atoms with E-state index in [0.29, 0.717) is 15.8 Å². The fraction of sp³-hybridized carbons (Fsp3) is 0.0526. The van der Waals surface area contributed by atoms with Gasteiger partial charge in [0.25, 0.3) is 10.0 Å². The molecule has 148 valence electrons. The highest BCUT2D eigenvalue weighted by Crippen LogP contribution is 2.21. The van der Waals surface area contributed by atoms with E-state index in [4.69, 9.17) is 11.6 Å². The van der Waals surface area contributed by atoms with Gasteiger partial charge < -0.3 is 9.88 Å². The molecule has 0 fully saturated rings. The van der Waals surface area contributed by atoms with Crippen molar-refractivity contribution in [3.05, 3.63) is 71.3 Å². The maximum absolute atomic E-state index is 12.4. The molecule has 0 spiro atoms. The van der Waals surface area contributed by atoms with Gasteiger partial charge in [-0.25, -0.2) is 13.4 Å². The standard InChI is InChI=1S/C19H15ClN4O3S2/c20-14-1-6-17-13(11-14)7-9-24(17)12-18(25)22-15-2-4-16(5-3-15)29(26,27)23-19-21-8-10-28-19/h1-11H,12H2,(H,21,23)(H,22,25). The van der Waals surface area contributed by atoms with Crippen LogP contribution in [0.1, 0.15) is 0 Å². The number of nitrogens with zero attached hydrogens (tertiary/aromatic N) is 2. The van der Waals surface area contributed by atoms with Gasteiger partial charge in [0.05, 0.1) is 4.90 Å². The molecule has 0 aliphatic heterocycles. The summed E-state index contributed by atoms with van der Waals surface area (Å²) in [5.41, 5.74) is 1.40. The number of rotatable bonds is 6. The molecule has 4 rings (SSSR count). The second-order valence-electron chi connectivity index (χ2n) is 6.16. The molecule has 2 aromatic carbocycles. The SMILES string of the molecule is O=C(Cn1ccc2cc(Cl)ccc21)Nc1ccc(S(=O)(=O)Nc2nccs2)cc1. The summed E-state index contributed by atoms with van der Waals surface area (Å²) in [6, 6.07) is 13.3. The number of anilines is 2. The number of nitrogens with one attached hydrogen (secondary N) is 2. The number of thiazole rings is 1. The number of hydrogen-bond donors (Lipinski definition) is 2. The van der Waals surface area contributed by atoms with Gasteiger partial charge in [-0.2, -0.15) is 0 Å². The van der Waals surface area contributed by atoms with Gasteiger partial charge >= 0.3 is 0 Å². The maximum atomic E-state index is 12.4. The molecule has 10 heteroatoms. The van der Waals surface area contributed by atoms with Crippen LogP contribution in [0, 0.1) is 0 Å². The van der Waals surface area contributed by atoms with Crippen molar-refractivity contribution in [1.29, 1.82) is 0 Å². The van der Waals surface area contributed by atoms with Crippen LogP contribution in [0.5, 0.6) is 0 Å². The molecule has 2 aromatic heterocycles. The van der Waals surface area contributed by atoms with Gasteiger partial charge in [0.1, 0.15) is 6.54 Å². The van der Waals surface area contributed by atoms with Crippen LogP contribution in [0.2, 0.25) is 5.02 Å². The Hall–Kier alpha value is -2.88. The van der Waals surface area contributed by atoms with Crippen LogP contribution >= 0.6 is 22.9 Å². The van der Waals surface area contributed by atoms with Gasteiger partial charge in [-0.15, -0.1) is 11.3 Å². The highest BCUT2D eigenvalue weighted by molar-refractivity contribution is 7.93. The fourth-order valence-electron chi connectivity index (χ4n) is 2.83. The van der Waals surface area contributed by atoms with E-state index < -0.39 is 10.0 Å². The van der Waals surface area contributed by atoms with Gasteiger partial charge in [0.15, 0.2) is 5.13 Å². The van der Waals surface area contributed by atoms with Crippen molar-refractivity contribution >= 4 is 60.6 Å². The summed E-state index contributed by atoms with van der Waals surface area (Å²) in [7, 11) is -3.73. The van der Waals surface area contributed by atoms with Gasteiger partial charge in [0.2, 0.25) is 5.91 Å². The fourth-order valence-corrected chi connectivity index (χ4v) is 4.80. The van der Waals surface area contributed by atoms with Crippen LogP contribution in [0.15, 0.2) is 71.2 Å². The summed E-state index contributed by atoms with van der Waals surface area (Å²) in [5, 5.41) is 6.33. The van der Waals surface area contributed by atoms with E-state index in [-0.39, 0.29) is 17.3 Å². The molecule has 0 bridgehead atoms. The number of halogens is 1. The molecular formula is C19H15ClN4O3S2. The molecule has 29 heavy (non-hydrogen) atoms. The van der Waals surface area contributed by atoms with Gasteiger partial charge in [-0.1, -0.05) is 11.6 Å². The Morgan fingerprint density at radius 1 is 1.14 bits per heavy atom. The summed E-state index contributed by atoms with van der Waals surface area (Å²) < 4.78 is 28.9.